The molecule has 98 valence electrons. The Morgan fingerprint density at radius 2 is 2.32 bits per heavy atom. The van der Waals surface area contributed by atoms with Crippen LogP contribution in [0.3, 0.4) is 0 Å². The molecule has 2 aromatic rings. The average Bonchev–Trinajstić information content (AvgIpc) is 3.16. The molecule has 6 heteroatoms. The van der Waals surface area contributed by atoms with Gasteiger partial charge < -0.3 is 5.32 Å². The van der Waals surface area contributed by atoms with Gasteiger partial charge in [0.05, 0.1) is 6.04 Å². The molecule has 1 aliphatic carbocycles. The minimum atomic E-state index is -0.000986. The van der Waals surface area contributed by atoms with Crippen molar-refractivity contribution >= 4 is 11.6 Å². The summed E-state index contributed by atoms with van der Waals surface area (Å²) in [5.41, 5.74) is 1.69. The molecule has 0 bridgehead atoms. The van der Waals surface area contributed by atoms with Gasteiger partial charge in [-0.3, -0.25) is 4.79 Å². The van der Waals surface area contributed by atoms with Gasteiger partial charge in [-0.25, -0.2) is 4.68 Å². The first kappa shape index (κ1) is 11.8. The number of nitrogens with zero attached hydrogens (tertiary/aromatic N) is 4. The molecule has 0 saturated heterocycles. The van der Waals surface area contributed by atoms with Crippen molar-refractivity contribution < 1.29 is 4.79 Å². The van der Waals surface area contributed by atoms with Crippen molar-refractivity contribution in [2.75, 3.05) is 5.32 Å². The second-order valence-corrected chi connectivity index (χ2v) is 4.66. The summed E-state index contributed by atoms with van der Waals surface area (Å²) in [4.78, 5) is 11.4. The summed E-state index contributed by atoms with van der Waals surface area (Å²) in [5, 5.41) is 14.7. The van der Waals surface area contributed by atoms with Gasteiger partial charge in [-0.1, -0.05) is 19.1 Å². The van der Waals surface area contributed by atoms with Crippen LogP contribution in [0.4, 0.5) is 5.69 Å². The van der Waals surface area contributed by atoms with Gasteiger partial charge in [-0.15, -0.1) is 5.10 Å². The SMILES string of the molecule is CCC(=O)Nc1cccc(-c2nnnn2C2CC2)c1. The molecule has 1 aromatic heterocycles. The van der Waals surface area contributed by atoms with Gasteiger partial charge >= 0.3 is 0 Å². The Balaban J connectivity index is 1.90. The maximum atomic E-state index is 11.4. The minimum absolute atomic E-state index is 0.000986. The number of carbonyl (C=O) groups excluding carboxylic acids is 1. The van der Waals surface area contributed by atoms with E-state index < -0.39 is 0 Å². The second-order valence-electron chi connectivity index (χ2n) is 4.66. The fourth-order valence-corrected chi connectivity index (χ4v) is 1.93. The highest BCUT2D eigenvalue weighted by Gasteiger charge is 2.28. The van der Waals surface area contributed by atoms with Gasteiger partial charge in [-0.2, -0.15) is 0 Å². The van der Waals surface area contributed by atoms with Crippen LogP contribution in [0.1, 0.15) is 32.2 Å². The first-order valence-electron chi connectivity index (χ1n) is 6.46. The number of carbonyl (C=O) groups is 1. The van der Waals surface area contributed by atoms with Crippen LogP contribution < -0.4 is 5.32 Å². The molecule has 0 aliphatic heterocycles. The highest BCUT2D eigenvalue weighted by Crippen LogP contribution is 2.36. The number of nitrogens with one attached hydrogen (secondary N) is 1. The maximum absolute atomic E-state index is 11.4. The summed E-state index contributed by atoms with van der Waals surface area (Å²) < 4.78 is 1.86. The predicted molar refractivity (Wildman–Crippen MR) is 70.4 cm³/mol. The molecule has 6 nitrogen and oxygen atoms in total. The van der Waals surface area contributed by atoms with Gasteiger partial charge in [0.1, 0.15) is 0 Å². The molecule has 1 aromatic carbocycles. The number of hydrogen-bond acceptors (Lipinski definition) is 4. The summed E-state index contributed by atoms with van der Waals surface area (Å²) in [6.45, 7) is 1.83. The fraction of sp³-hybridized carbons (Fsp3) is 0.385. The molecule has 3 rings (SSSR count). The maximum Gasteiger partial charge on any atom is 0.224 e. The third kappa shape index (κ3) is 2.47. The van der Waals surface area contributed by atoms with E-state index in [9.17, 15) is 4.79 Å². The Hall–Kier alpha value is -2.24. The van der Waals surface area contributed by atoms with Crippen LogP contribution in [0, 0.1) is 0 Å². The zero-order valence-corrected chi connectivity index (χ0v) is 10.7. The zero-order chi connectivity index (χ0) is 13.2. The Bertz CT molecular complexity index is 603. The van der Waals surface area contributed by atoms with Crippen LogP contribution >= 0.6 is 0 Å². The van der Waals surface area contributed by atoms with Crippen molar-refractivity contribution in [1.29, 1.82) is 0 Å². The number of aromatic nitrogens is 4. The first-order valence-corrected chi connectivity index (χ1v) is 6.46. The van der Waals surface area contributed by atoms with E-state index in [0.29, 0.717) is 12.5 Å². The molecule has 19 heavy (non-hydrogen) atoms. The summed E-state index contributed by atoms with van der Waals surface area (Å²) in [5.74, 6) is 0.758. The number of benzene rings is 1. The number of amides is 1. The molecule has 1 N–H and O–H groups in total. The van der Waals surface area contributed by atoms with E-state index in [1.165, 1.54) is 0 Å². The van der Waals surface area contributed by atoms with Crippen LogP contribution in [-0.4, -0.2) is 26.1 Å². The predicted octanol–water partition coefficient (Wildman–Crippen LogP) is 2.02. The minimum Gasteiger partial charge on any atom is -0.326 e. The number of anilines is 1. The monoisotopic (exact) mass is 257 g/mol. The number of rotatable bonds is 4. The van der Waals surface area contributed by atoms with Crippen LogP contribution in [0.25, 0.3) is 11.4 Å². The Labute approximate surface area is 110 Å². The second kappa shape index (κ2) is 4.79. The topological polar surface area (TPSA) is 72.7 Å². The van der Waals surface area contributed by atoms with E-state index in [-0.39, 0.29) is 5.91 Å². The van der Waals surface area contributed by atoms with Crippen molar-refractivity contribution in [2.24, 2.45) is 0 Å². The molecule has 1 amide bonds. The quantitative estimate of drug-likeness (QED) is 0.909. The smallest absolute Gasteiger partial charge is 0.224 e. The Kier molecular flexibility index (Phi) is 2.98. The van der Waals surface area contributed by atoms with Gasteiger partial charge in [0, 0.05) is 17.7 Å². The molecule has 1 saturated carbocycles. The molecular weight excluding hydrogens is 242 g/mol. The van der Waals surface area contributed by atoms with Gasteiger partial charge in [-0.05, 0) is 35.4 Å². The molecule has 0 atom stereocenters. The highest BCUT2D eigenvalue weighted by molar-refractivity contribution is 5.91. The van der Waals surface area contributed by atoms with Crippen LogP contribution in [0.5, 0.6) is 0 Å². The van der Waals surface area contributed by atoms with Crippen molar-refractivity contribution in [2.45, 2.75) is 32.2 Å². The molecule has 0 unspecified atom stereocenters. The standard InChI is InChI=1S/C13H15N5O/c1-2-12(19)14-10-5-3-4-9(8-10)13-15-16-17-18(13)11-6-7-11/h3-5,8,11H,2,6-7H2,1H3,(H,14,19). The molecule has 1 fully saturated rings. The van der Waals surface area contributed by atoms with E-state index in [2.05, 4.69) is 20.8 Å². The third-order valence-electron chi connectivity index (χ3n) is 3.11. The van der Waals surface area contributed by atoms with Crippen LogP contribution in [-0.2, 0) is 4.79 Å². The summed E-state index contributed by atoms with van der Waals surface area (Å²) in [7, 11) is 0. The summed E-state index contributed by atoms with van der Waals surface area (Å²) >= 11 is 0. The lowest BCUT2D eigenvalue weighted by Crippen LogP contribution is -2.09. The van der Waals surface area contributed by atoms with Crippen LogP contribution in [0.2, 0.25) is 0 Å². The molecule has 1 heterocycles. The van der Waals surface area contributed by atoms with Crippen molar-refractivity contribution in [3.05, 3.63) is 24.3 Å². The Morgan fingerprint density at radius 1 is 1.47 bits per heavy atom. The lowest BCUT2D eigenvalue weighted by Gasteiger charge is -2.06. The summed E-state index contributed by atoms with van der Waals surface area (Å²) in [6, 6.07) is 8.04. The average molecular weight is 257 g/mol. The largest absolute Gasteiger partial charge is 0.326 e. The Morgan fingerprint density at radius 3 is 3.05 bits per heavy atom. The zero-order valence-electron chi connectivity index (χ0n) is 10.7. The molecule has 1 aliphatic rings. The van der Waals surface area contributed by atoms with Crippen molar-refractivity contribution in [3.8, 4) is 11.4 Å². The normalized spacial score (nSPS) is 14.4. The molecule has 0 spiro atoms. The molecule has 0 radical (unpaired) electrons. The lowest BCUT2D eigenvalue weighted by molar-refractivity contribution is -0.115. The first-order chi connectivity index (χ1) is 9.28. The van der Waals surface area contributed by atoms with Gasteiger partial charge in [0.25, 0.3) is 0 Å². The van der Waals surface area contributed by atoms with Crippen molar-refractivity contribution in [3.63, 3.8) is 0 Å². The third-order valence-corrected chi connectivity index (χ3v) is 3.11. The van der Waals surface area contributed by atoms with E-state index in [0.717, 1.165) is 29.9 Å². The van der Waals surface area contributed by atoms with E-state index in [1.807, 2.05) is 35.9 Å². The van der Waals surface area contributed by atoms with Crippen molar-refractivity contribution in [1.82, 2.24) is 20.2 Å². The fourth-order valence-electron chi connectivity index (χ4n) is 1.93. The number of hydrogen-bond donors (Lipinski definition) is 1. The van der Waals surface area contributed by atoms with E-state index in [4.69, 9.17) is 0 Å². The highest BCUT2D eigenvalue weighted by atomic mass is 16.1. The van der Waals surface area contributed by atoms with Gasteiger partial charge in [0.2, 0.25) is 5.91 Å². The van der Waals surface area contributed by atoms with E-state index >= 15 is 0 Å². The molecular formula is C13H15N5O. The van der Waals surface area contributed by atoms with Crippen LogP contribution in [0.15, 0.2) is 24.3 Å². The number of tetrazole rings is 1. The van der Waals surface area contributed by atoms with E-state index in [1.54, 1.807) is 0 Å². The van der Waals surface area contributed by atoms with Gasteiger partial charge in [0.15, 0.2) is 5.82 Å². The summed E-state index contributed by atoms with van der Waals surface area (Å²) in [6.07, 6.45) is 2.72. The lowest BCUT2D eigenvalue weighted by atomic mass is 10.2.